The number of ether oxygens (including phenoxy) is 1. The van der Waals surface area contributed by atoms with Gasteiger partial charge in [0.25, 0.3) is 0 Å². The van der Waals surface area contributed by atoms with Crippen LogP contribution in [-0.4, -0.2) is 36.1 Å². The Labute approximate surface area is 145 Å². The van der Waals surface area contributed by atoms with Gasteiger partial charge in [-0.1, -0.05) is 44.2 Å². The number of oxime groups is 1. The van der Waals surface area contributed by atoms with Crippen LogP contribution in [0.4, 0.5) is 0 Å². The molecule has 0 amide bonds. The maximum Gasteiger partial charge on any atom is 0.303 e. The molecule has 1 N–H and O–H groups in total. The van der Waals surface area contributed by atoms with Gasteiger partial charge in [-0.2, -0.15) is 0 Å². The highest BCUT2D eigenvalue weighted by Crippen LogP contribution is 2.44. The smallest absolute Gasteiger partial charge is 0.303 e. The summed E-state index contributed by atoms with van der Waals surface area (Å²) in [6.07, 6.45) is 14.0. The molecule has 5 nitrogen and oxygen atoms in total. The van der Waals surface area contributed by atoms with Gasteiger partial charge in [-0.3, -0.25) is 4.79 Å². The molecule has 24 heavy (non-hydrogen) atoms. The predicted octanol–water partition coefficient (Wildman–Crippen LogP) is 4.40. The summed E-state index contributed by atoms with van der Waals surface area (Å²) in [6.45, 7) is 2.89. The van der Waals surface area contributed by atoms with Gasteiger partial charge in [0.15, 0.2) is 0 Å². The van der Waals surface area contributed by atoms with Crippen LogP contribution >= 0.6 is 0 Å². The van der Waals surface area contributed by atoms with Crippen LogP contribution in [0.3, 0.4) is 0 Å². The first-order valence-electron chi connectivity index (χ1n) is 9.75. The van der Waals surface area contributed by atoms with Crippen molar-refractivity contribution in [3.05, 3.63) is 0 Å². The second-order valence-electron chi connectivity index (χ2n) is 7.17. The number of nitrogens with zero attached hydrogens (tertiary/aromatic N) is 1. The number of hydrogen-bond donors (Lipinski definition) is 1. The Morgan fingerprint density at radius 1 is 1.17 bits per heavy atom. The van der Waals surface area contributed by atoms with E-state index in [1.165, 1.54) is 19.3 Å². The third-order valence-electron chi connectivity index (χ3n) is 5.31. The Bertz CT molecular complexity index is 399. The molecule has 2 aliphatic heterocycles. The maximum absolute atomic E-state index is 10.5. The van der Waals surface area contributed by atoms with Crippen LogP contribution in [0.1, 0.15) is 77.6 Å². The summed E-state index contributed by atoms with van der Waals surface area (Å²) < 4.78 is 6.08. The van der Waals surface area contributed by atoms with Crippen molar-refractivity contribution in [3.63, 3.8) is 0 Å². The fraction of sp³-hybridized carbons (Fsp3) is 0.895. The molecule has 0 aromatic carbocycles. The minimum absolute atomic E-state index is 0.294. The van der Waals surface area contributed by atoms with E-state index >= 15 is 0 Å². The number of rotatable bonds is 13. The van der Waals surface area contributed by atoms with Crippen LogP contribution in [-0.2, 0) is 14.4 Å². The highest BCUT2D eigenvalue weighted by molar-refractivity contribution is 5.66. The standard InChI is InChI=1S/C19H33NO4/c1-2-3-8-13-23-20-14-16-15(17-11-12-18(16)24-17)9-6-4-5-7-10-19(21)22/h14-18H,2-13H2,1H3,(H,21,22)/t15-,16?,17-,18?/m1/s1. The Morgan fingerprint density at radius 2 is 1.96 bits per heavy atom. The largest absolute Gasteiger partial charge is 0.481 e. The molecule has 0 aromatic rings. The summed E-state index contributed by atoms with van der Waals surface area (Å²) in [5.74, 6) is 0.270. The Hall–Kier alpha value is -1.10. The van der Waals surface area contributed by atoms with Crippen molar-refractivity contribution >= 4 is 12.2 Å². The van der Waals surface area contributed by atoms with Crippen LogP contribution in [0, 0.1) is 11.8 Å². The Balaban J connectivity index is 1.65. The highest BCUT2D eigenvalue weighted by Gasteiger charge is 2.47. The highest BCUT2D eigenvalue weighted by atomic mass is 16.6. The van der Waals surface area contributed by atoms with Crippen molar-refractivity contribution in [1.29, 1.82) is 0 Å². The predicted molar refractivity (Wildman–Crippen MR) is 94.2 cm³/mol. The van der Waals surface area contributed by atoms with Crippen molar-refractivity contribution in [1.82, 2.24) is 0 Å². The topological polar surface area (TPSA) is 68.1 Å². The molecule has 0 radical (unpaired) electrons. The minimum Gasteiger partial charge on any atom is -0.481 e. The lowest BCUT2D eigenvalue weighted by atomic mass is 9.77. The molecule has 0 saturated carbocycles. The lowest BCUT2D eigenvalue weighted by Gasteiger charge is -2.24. The summed E-state index contributed by atoms with van der Waals surface area (Å²) in [6, 6.07) is 0. The van der Waals surface area contributed by atoms with Crippen molar-refractivity contribution < 1.29 is 19.5 Å². The van der Waals surface area contributed by atoms with Gasteiger partial charge in [0.2, 0.25) is 0 Å². The average molecular weight is 339 g/mol. The normalized spacial score (nSPS) is 28.7. The van der Waals surface area contributed by atoms with Gasteiger partial charge in [-0.25, -0.2) is 0 Å². The van der Waals surface area contributed by atoms with Gasteiger partial charge in [0.1, 0.15) is 6.61 Å². The first-order chi connectivity index (χ1) is 11.7. The molecule has 2 saturated heterocycles. The molecule has 5 heteroatoms. The fourth-order valence-corrected chi connectivity index (χ4v) is 3.99. The number of carbonyl (C=O) groups is 1. The molecular weight excluding hydrogens is 306 g/mol. The zero-order valence-electron chi connectivity index (χ0n) is 15.0. The molecule has 2 bridgehead atoms. The van der Waals surface area contributed by atoms with Crippen LogP contribution in [0.5, 0.6) is 0 Å². The molecule has 2 aliphatic rings. The zero-order valence-corrected chi connectivity index (χ0v) is 15.0. The van der Waals surface area contributed by atoms with E-state index in [-0.39, 0.29) is 0 Å². The molecule has 0 spiro atoms. The van der Waals surface area contributed by atoms with Gasteiger partial charge in [0, 0.05) is 18.6 Å². The fourth-order valence-electron chi connectivity index (χ4n) is 3.99. The number of unbranched alkanes of at least 4 members (excludes halogenated alkanes) is 5. The van der Waals surface area contributed by atoms with Crippen LogP contribution < -0.4 is 0 Å². The van der Waals surface area contributed by atoms with E-state index < -0.39 is 5.97 Å². The van der Waals surface area contributed by atoms with Gasteiger partial charge < -0.3 is 14.7 Å². The second-order valence-corrected chi connectivity index (χ2v) is 7.17. The molecule has 2 unspecified atom stereocenters. The van der Waals surface area contributed by atoms with E-state index in [2.05, 4.69) is 12.1 Å². The molecule has 2 heterocycles. The minimum atomic E-state index is -0.688. The van der Waals surface area contributed by atoms with Gasteiger partial charge in [-0.15, -0.1) is 0 Å². The number of hydrogen-bond acceptors (Lipinski definition) is 4. The third-order valence-corrected chi connectivity index (χ3v) is 5.31. The monoisotopic (exact) mass is 339 g/mol. The Morgan fingerprint density at radius 3 is 2.75 bits per heavy atom. The van der Waals surface area contributed by atoms with E-state index in [9.17, 15) is 4.79 Å². The molecule has 2 fully saturated rings. The second kappa shape index (κ2) is 10.7. The van der Waals surface area contributed by atoms with Crippen molar-refractivity contribution in [2.45, 2.75) is 89.8 Å². The van der Waals surface area contributed by atoms with E-state index in [0.29, 0.717) is 37.1 Å². The van der Waals surface area contributed by atoms with E-state index in [1.54, 1.807) is 0 Å². The van der Waals surface area contributed by atoms with E-state index in [0.717, 1.165) is 44.9 Å². The summed E-state index contributed by atoms with van der Waals surface area (Å²) in [7, 11) is 0. The number of aliphatic carboxylic acids is 1. The number of carboxylic acids is 1. The maximum atomic E-state index is 10.5. The summed E-state index contributed by atoms with van der Waals surface area (Å²) in [5.41, 5.74) is 0. The first-order valence-corrected chi connectivity index (χ1v) is 9.75. The molecule has 0 aliphatic carbocycles. The van der Waals surface area contributed by atoms with Gasteiger partial charge in [-0.05, 0) is 38.0 Å². The van der Waals surface area contributed by atoms with Crippen molar-refractivity contribution in [2.24, 2.45) is 17.0 Å². The summed E-state index contributed by atoms with van der Waals surface area (Å²) >= 11 is 0. The van der Waals surface area contributed by atoms with Gasteiger partial charge >= 0.3 is 5.97 Å². The number of fused-ring (bicyclic) bond motifs is 2. The first kappa shape index (κ1) is 19.2. The van der Waals surface area contributed by atoms with Crippen molar-refractivity contribution in [3.8, 4) is 0 Å². The summed E-state index contributed by atoms with van der Waals surface area (Å²) in [5, 5.41) is 12.9. The van der Waals surface area contributed by atoms with E-state index in [4.69, 9.17) is 14.7 Å². The van der Waals surface area contributed by atoms with Crippen LogP contribution in [0.2, 0.25) is 0 Å². The van der Waals surface area contributed by atoms with E-state index in [1.807, 2.05) is 6.21 Å². The molecular formula is C19H33NO4. The van der Waals surface area contributed by atoms with Crippen molar-refractivity contribution in [2.75, 3.05) is 6.61 Å². The molecule has 2 rings (SSSR count). The lowest BCUT2D eigenvalue weighted by Crippen LogP contribution is -2.28. The van der Waals surface area contributed by atoms with Gasteiger partial charge in [0.05, 0.1) is 12.2 Å². The zero-order chi connectivity index (χ0) is 17.2. The third kappa shape index (κ3) is 6.08. The average Bonchev–Trinajstić information content (AvgIpc) is 3.15. The SMILES string of the molecule is CCCCCON=CC1C2CC[C@@H](O2)[C@@H]1CCCCCCC(=O)O. The number of carboxylic acid groups (broad SMARTS) is 1. The van der Waals surface area contributed by atoms with Crippen LogP contribution in [0.15, 0.2) is 5.16 Å². The lowest BCUT2D eigenvalue weighted by molar-refractivity contribution is -0.137. The van der Waals surface area contributed by atoms with Crippen LogP contribution in [0.25, 0.3) is 0 Å². The quantitative estimate of drug-likeness (QED) is 0.307. The molecule has 4 atom stereocenters. The molecule has 138 valence electrons. The Kier molecular flexibility index (Phi) is 8.57. The summed E-state index contributed by atoms with van der Waals surface area (Å²) in [4.78, 5) is 15.9. The molecule has 0 aromatic heterocycles.